The van der Waals surface area contributed by atoms with E-state index in [4.69, 9.17) is 0 Å². The molecule has 0 aliphatic heterocycles. The summed E-state index contributed by atoms with van der Waals surface area (Å²) in [6.07, 6.45) is 1.37. The average molecular weight is 458 g/mol. The summed E-state index contributed by atoms with van der Waals surface area (Å²) in [5.41, 5.74) is 0.682. The van der Waals surface area contributed by atoms with Crippen molar-refractivity contribution in [2.75, 3.05) is 5.32 Å². The van der Waals surface area contributed by atoms with Crippen LogP contribution in [0.3, 0.4) is 0 Å². The molecule has 0 aliphatic rings. The number of aryl methyl sites for hydroxylation is 1. The van der Waals surface area contributed by atoms with Crippen LogP contribution in [0.2, 0.25) is 0 Å². The number of nitrogens with zero attached hydrogens (tertiary/aromatic N) is 6. The Kier molecular flexibility index (Phi) is 6.00. The summed E-state index contributed by atoms with van der Waals surface area (Å²) < 4.78 is 3.68. The Hall–Kier alpha value is -3.25. The minimum absolute atomic E-state index is 0.137. The molecule has 0 atom stereocenters. The molecule has 4 rings (SSSR count). The van der Waals surface area contributed by atoms with E-state index >= 15 is 0 Å². The zero-order chi connectivity index (χ0) is 22.0. The first-order valence-corrected chi connectivity index (χ1v) is 11.3. The summed E-state index contributed by atoms with van der Waals surface area (Å²) in [6, 6.07) is 10.1. The Morgan fingerprint density at radius 3 is 2.65 bits per heavy atom. The first-order valence-electron chi connectivity index (χ1n) is 9.29. The number of carbonyl (C=O) groups excluding carboxylic acids is 1. The molecular weight excluding hydrogens is 438 g/mol. The van der Waals surface area contributed by atoms with E-state index in [2.05, 4.69) is 32.6 Å². The van der Waals surface area contributed by atoms with Crippen molar-refractivity contribution in [3.63, 3.8) is 0 Å². The second kappa shape index (κ2) is 8.86. The van der Waals surface area contributed by atoms with Gasteiger partial charge in [0.2, 0.25) is 11.0 Å². The van der Waals surface area contributed by atoms with E-state index in [1.165, 1.54) is 46.5 Å². The zero-order valence-corrected chi connectivity index (χ0v) is 18.4. The van der Waals surface area contributed by atoms with Crippen LogP contribution in [-0.4, -0.2) is 34.8 Å². The van der Waals surface area contributed by atoms with Crippen LogP contribution in [0.4, 0.5) is 5.13 Å². The van der Waals surface area contributed by atoms with Gasteiger partial charge in [0, 0.05) is 25.6 Å². The number of aromatic nitrogens is 6. The topological polar surface area (TPSA) is 117 Å². The number of benzene rings is 1. The molecule has 0 radical (unpaired) electrons. The van der Waals surface area contributed by atoms with Crippen LogP contribution in [0.25, 0.3) is 11.2 Å². The first kappa shape index (κ1) is 21.0. The second-order valence-electron chi connectivity index (χ2n) is 6.78. The van der Waals surface area contributed by atoms with Crippen LogP contribution in [0.1, 0.15) is 10.6 Å². The van der Waals surface area contributed by atoms with Crippen molar-refractivity contribution in [1.29, 1.82) is 0 Å². The Morgan fingerprint density at radius 1 is 1.10 bits per heavy atom. The van der Waals surface area contributed by atoms with Gasteiger partial charge in [0.1, 0.15) is 11.6 Å². The van der Waals surface area contributed by atoms with Gasteiger partial charge in [-0.3, -0.25) is 24.0 Å². The predicted molar refractivity (Wildman–Crippen MR) is 120 cm³/mol. The van der Waals surface area contributed by atoms with Crippen LogP contribution < -0.4 is 16.6 Å². The number of carbonyl (C=O) groups is 1. The third-order valence-electron chi connectivity index (χ3n) is 4.58. The summed E-state index contributed by atoms with van der Waals surface area (Å²) in [5.74, 6) is 1.20. The maximum absolute atomic E-state index is 12.5. The molecule has 0 saturated carbocycles. The fraction of sp³-hybridized carbons (Fsp3) is 0.263. The molecule has 3 aromatic heterocycles. The van der Waals surface area contributed by atoms with Gasteiger partial charge in [0.15, 0.2) is 11.2 Å². The maximum Gasteiger partial charge on any atom is 0.332 e. The molecule has 1 aromatic carbocycles. The number of imidazole rings is 1. The number of amides is 1. The van der Waals surface area contributed by atoms with E-state index in [9.17, 15) is 14.4 Å². The van der Waals surface area contributed by atoms with Crippen LogP contribution in [-0.2, 0) is 36.9 Å². The van der Waals surface area contributed by atoms with E-state index in [1.54, 1.807) is 11.8 Å². The number of anilines is 1. The second-order valence-corrected chi connectivity index (χ2v) is 8.83. The largest absolute Gasteiger partial charge is 0.332 e. The summed E-state index contributed by atoms with van der Waals surface area (Å²) in [5, 5.41) is 12.0. The molecule has 160 valence electrons. The SMILES string of the molecule is Cn1c(=O)c2c(ncn2CC(=O)Nc2nnc(CSCc3ccccc3)s2)n(C)c1=O. The number of hydrogen-bond acceptors (Lipinski definition) is 8. The van der Waals surface area contributed by atoms with Gasteiger partial charge in [-0.2, -0.15) is 0 Å². The van der Waals surface area contributed by atoms with Crippen molar-refractivity contribution in [1.82, 2.24) is 28.9 Å². The van der Waals surface area contributed by atoms with Crippen molar-refractivity contribution >= 4 is 45.3 Å². The molecule has 0 bridgehead atoms. The van der Waals surface area contributed by atoms with Crippen LogP contribution in [0.15, 0.2) is 46.2 Å². The van der Waals surface area contributed by atoms with Crippen LogP contribution in [0.5, 0.6) is 0 Å². The molecule has 0 unspecified atom stereocenters. The van der Waals surface area contributed by atoms with Gasteiger partial charge in [0.25, 0.3) is 5.56 Å². The smallest absolute Gasteiger partial charge is 0.315 e. The number of hydrogen-bond donors (Lipinski definition) is 1. The van der Waals surface area contributed by atoms with Gasteiger partial charge in [0.05, 0.1) is 6.33 Å². The summed E-state index contributed by atoms with van der Waals surface area (Å²) >= 11 is 3.03. The maximum atomic E-state index is 12.5. The highest BCUT2D eigenvalue weighted by Gasteiger charge is 2.16. The fourth-order valence-electron chi connectivity index (χ4n) is 3.02. The first-order chi connectivity index (χ1) is 14.9. The van der Waals surface area contributed by atoms with Gasteiger partial charge < -0.3 is 4.57 Å². The van der Waals surface area contributed by atoms with Gasteiger partial charge >= 0.3 is 5.69 Å². The highest BCUT2D eigenvalue weighted by molar-refractivity contribution is 7.97. The zero-order valence-electron chi connectivity index (χ0n) is 16.8. The van der Waals surface area contributed by atoms with Gasteiger partial charge in [-0.1, -0.05) is 41.7 Å². The normalized spacial score (nSPS) is 11.2. The fourth-order valence-corrected chi connectivity index (χ4v) is 4.82. The lowest BCUT2D eigenvalue weighted by Gasteiger charge is -2.06. The van der Waals surface area contributed by atoms with Crippen molar-refractivity contribution in [2.24, 2.45) is 14.1 Å². The van der Waals surface area contributed by atoms with Crippen molar-refractivity contribution in [2.45, 2.75) is 18.1 Å². The minimum Gasteiger partial charge on any atom is -0.315 e. The minimum atomic E-state index is -0.503. The molecule has 0 spiro atoms. The standard InChI is InChI=1S/C19H19N7O3S2/c1-24-16-15(17(28)25(2)19(24)29)26(11-20-16)8-13(27)21-18-23-22-14(31-18)10-30-9-12-6-4-3-5-7-12/h3-7,11H,8-10H2,1-2H3,(H,21,23,27). The molecule has 10 nitrogen and oxygen atoms in total. The van der Waals surface area contributed by atoms with Crippen LogP contribution >= 0.6 is 23.1 Å². The van der Waals surface area contributed by atoms with Gasteiger partial charge in [-0.15, -0.1) is 22.0 Å². The lowest BCUT2D eigenvalue weighted by molar-refractivity contribution is -0.116. The summed E-state index contributed by atoms with van der Waals surface area (Å²) in [4.78, 5) is 41.1. The quantitative estimate of drug-likeness (QED) is 0.445. The van der Waals surface area contributed by atoms with Crippen LogP contribution in [0, 0.1) is 0 Å². The lowest BCUT2D eigenvalue weighted by atomic mass is 10.2. The molecule has 0 aliphatic carbocycles. The monoisotopic (exact) mass is 457 g/mol. The predicted octanol–water partition coefficient (Wildman–Crippen LogP) is 1.36. The number of fused-ring (bicyclic) bond motifs is 1. The van der Waals surface area contributed by atoms with E-state index in [0.29, 0.717) is 10.9 Å². The number of nitrogens with one attached hydrogen (secondary N) is 1. The lowest BCUT2D eigenvalue weighted by Crippen LogP contribution is -2.37. The molecule has 4 aromatic rings. The highest BCUT2D eigenvalue weighted by atomic mass is 32.2. The molecule has 3 heterocycles. The third-order valence-corrected chi connectivity index (χ3v) is 6.62. The Balaban J connectivity index is 1.40. The van der Waals surface area contributed by atoms with E-state index in [0.717, 1.165) is 15.3 Å². The Bertz CT molecular complexity index is 1350. The number of rotatable bonds is 7. The summed E-state index contributed by atoms with van der Waals surface area (Å²) in [7, 11) is 2.92. The molecule has 31 heavy (non-hydrogen) atoms. The Morgan fingerprint density at radius 2 is 1.87 bits per heavy atom. The van der Waals surface area contributed by atoms with Gasteiger partial charge in [-0.25, -0.2) is 9.78 Å². The third kappa shape index (κ3) is 4.44. The molecule has 1 amide bonds. The number of thioether (sulfide) groups is 1. The molecule has 0 fully saturated rings. The van der Waals surface area contributed by atoms with E-state index < -0.39 is 11.2 Å². The molecular formula is C19H19N7O3S2. The van der Waals surface area contributed by atoms with Crippen molar-refractivity contribution < 1.29 is 4.79 Å². The van der Waals surface area contributed by atoms with Gasteiger partial charge in [-0.05, 0) is 5.56 Å². The van der Waals surface area contributed by atoms with Crippen molar-refractivity contribution in [3.8, 4) is 0 Å². The van der Waals surface area contributed by atoms with E-state index in [-0.39, 0.29) is 23.6 Å². The Labute approximate surface area is 184 Å². The highest BCUT2D eigenvalue weighted by Crippen LogP contribution is 2.22. The molecule has 12 heteroatoms. The molecule has 1 N–H and O–H groups in total. The van der Waals surface area contributed by atoms with Crippen molar-refractivity contribution in [3.05, 3.63) is 68.1 Å². The average Bonchev–Trinajstić information content (AvgIpc) is 3.38. The van der Waals surface area contributed by atoms with E-state index in [1.807, 2.05) is 18.2 Å². The summed E-state index contributed by atoms with van der Waals surface area (Å²) in [6.45, 7) is -0.137. The molecule has 0 saturated heterocycles.